The Bertz CT molecular complexity index is 1720. The predicted octanol–water partition coefficient (Wildman–Crippen LogP) is 5.80. The van der Waals surface area contributed by atoms with Gasteiger partial charge < -0.3 is 29.7 Å². The number of amides is 3. The largest absolute Gasteiger partial charge is 0.493 e. The number of rotatable bonds is 11. The smallest absolute Gasteiger partial charge is 0.272 e. The molecule has 0 unspecified atom stereocenters. The van der Waals surface area contributed by atoms with Crippen molar-refractivity contribution in [3.63, 3.8) is 0 Å². The van der Waals surface area contributed by atoms with Crippen LogP contribution in [-0.2, 0) is 16.0 Å². The Balaban J connectivity index is 1.35. The summed E-state index contributed by atoms with van der Waals surface area (Å²) in [6, 6.07) is 27.1. The number of thioether (sulfide) groups is 1. The minimum absolute atomic E-state index is 0.000872. The molecule has 2 N–H and O–H groups in total. The average Bonchev–Trinajstić information content (AvgIpc) is 3.51. The number of benzene rings is 4. The van der Waals surface area contributed by atoms with E-state index in [0.29, 0.717) is 40.6 Å². The van der Waals surface area contributed by atoms with E-state index in [-0.39, 0.29) is 17.4 Å². The monoisotopic (exact) mass is 623 g/mol. The minimum Gasteiger partial charge on any atom is -0.493 e. The van der Waals surface area contributed by atoms with Gasteiger partial charge in [0.25, 0.3) is 11.8 Å². The molecule has 1 heterocycles. The maximum Gasteiger partial charge on any atom is 0.272 e. The standard InChI is InChI=1S/C35H33N3O6S/c1-42-30-19-23(20-31(43-2)33(30)44-3)18-28(37-34(40)25-11-5-4-6-12-25)35(41)36-26-13-9-14-27(21-26)45-22-32(39)38-17-16-24-10-7-8-15-29(24)38/h4-15,18-21H,16-17,22H2,1-3H3,(H,36,41)(H,37,40)/b28-18-. The van der Waals surface area contributed by atoms with Crippen molar-refractivity contribution in [1.82, 2.24) is 5.32 Å². The van der Waals surface area contributed by atoms with Gasteiger partial charge in [-0.3, -0.25) is 14.4 Å². The third-order valence-electron chi connectivity index (χ3n) is 7.17. The molecule has 0 fully saturated rings. The lowest BCUT2D eigenvalue weighted by Crippen LogP contribution is -2.30. The number of hydrogen-bond donors (Lipinski definition) is 2. The van der Waals surface area contributed by atoms with Crippen LogP contribution in [0.3, 0.4) is 0 Å². The molecular formula is C35H33N3O6S. The van der Waals surface area contributed by atoms with Crippen LogP contribution in [0.15, 0.2) is 102 Å². The van der Waals surface area contributed by atoms with Crippen molar-refractivity contribution in [2.45, 2.75) is 11.3 Å². The molecule has 0 spiro atoms. The van der Waals surface area contributed by atoms with Crippen LogP contribution in [0.1, 0.15) is 21.5 Å². The van der Waals surface area contributed by atoms with Crippen molar-refractivity contribution in [3.05, 3.63) is 113 Å². The molecule has 4 aromatic rings. The summed E-state index contributed by atoms with van der Waals surface area (Å²) in [4.78, 5) is 42.4. The van der Waals surface area contributed by atoms with E-state index in [9.17, 15) is 14.4 Å². The Morgan fingerprint density at radius 1 is 0.844 bits per heavy atom. The first-order chi connectivity index (χ1) is 21.9. The summed E-state index contributed by atoms with van der Waals surface area (Å²) in [7, 11) is 4.50. The number of nitrogens with one attached hydrogen (secondary N) is 2. The summed E-state index contributed by atoms with van der Waals surface area (Å²) in [5.74, 6) is 0.487. The molecule has 1 aliphatic heterocycles. The number of methoxy groups -OCH3 is 3. The summed E-state index contributed by atoms with van der Waals surface area (Å²) in [5, 5.41) is 5.62. The molecule has 0 aliphatic carbocycles. The molecule has 0 aromatic heterocycles. The van der Waals surface area contributed by atoms with Gasteiger partial charge >= 0.3 is 0 Å². The number of hydrogen-bond acceptors (Lipinski definition) is 7. The van der Waals surface area contributed by atoms with Crippen molar-refractivity contribution in [3.8, 4) is 17.2 Å². The summed E-state index contributed by atoms with van der Waals surface area (Å²) in [5.41, 5.74) is 3.58. The molecule has 4 aromatic carbocycles. The van der Waals surface area contributed by atoms with Gasteiger partial charge in [0, 0.05) is 28.4 Å². The van der Waals surface area contributed by atoms with Crippen LogP contribution in [0.25, 0.3) is 6.08 Å². The Hall–Kier alpha value is -5.22. The Kier molecular flexibility index (Phi) is 10.1. The third-order valence-corrected chi connectivity index (χ3v) is 8.15. The van der Waals surface area contributed by atoms with Crippen LogP contribution in [0.5, 0.6) is 17.2 Å². The van der Waals surface area contributed by atoms with E-state index in [1.54, 1.807) is 60.7 Å². The zero-order valence-electron chi connectivity index (χ0n) is 25.2. The zero-order valence-corrected chi connectivity index (χ0v) is 26.0. The van der Waals surface area contributed by atoms with Gasteiger partial charge in [-0.1, -0.05) is 42.5 Å². The molecule has 10 heteroatoms. The summed E-state index contributed by atoms with van der Waals surface area (Å²) < 4.78 is 16.3. The number of nitrogens with zero attached hydrogens (tertiary/aromatic N) is 1. The van der Waals surface area contributed by atoms with Gasteiger partial charge in [-0.25, -0.2) is 0 Å². The summed E-state index contributed by atoms with van der Waals surface area (Å²) in [6.45, 7) is 0.671. The van der Waals surface area contributed by atoms with E-state index in [1.165, 1.54) is 44.7 Å². The SMILES string of the molecule is COc1cc(/C=C(\NC(=O)c2ccccc2)C(=O)Nc2cccc(SCC(=O)N3CCc4ccccc43)c2)cc(OC)c1OC. The molecule has 3 amide bonds. The summed E-state index contributed by atoms with van der Waals surface area (Å²) in [6.07, 6.45) is 2.38. The molecule has 1 aliphatic rings. The first-order valence-electron chi connectivity index (χ1n) is 14.2. The van der Waals surface area contributed by atoms with Crippen LogP contribution in [-0.4, -0.2) is 51.3 Å². The van der Waals surface area contributed by atoms with E-state index in [2.05, 4.69) is 16.7 Å². The van der Waals surface area contributed by atoms with E-state index >= 15 is 0 Å². The van der Waals surface area contributed by atoms with Gasteiger partial charge in [0.1, 0.15) is 5.70 Å². The second kappa shape index (κ2) is 14.5. The van der Waals surface area contributed by atoms with Crippen LogP contribution < -0.4 is 29.7 Å². The normalized spacial score (nSPS) is 12.2. The van der Waals surface area contributed by atoms with Crippen molar-refractivity contribution in [2.75, 3.05) is 43.8 Å². The topological polar surface area (TPSA) is 106 Å². The highest BCUT2D eigenvalue weighted by molar-refractivity contribution is 8.00. The fourth-order valence-electron chi connectivity index (χ4n) is 4.98. The lowest BCUT2D eigenvalue weighted by Gasteiger charge is -2.17. The number of carbonyl (C=O) groups is 3. The third kappa shape index (κ3) is 7.47. The molecule has 0 atom stereocenters. The molecule has 5 rings (SSSR count). The predicted molar refractivity (Wildman–Crippen MR) is 176 cm³/mol. The van der Waals surface area contributed by atoms with Crippen LogP contribution in [0.2, 0.25) is 0 Å². The average molecular weight is 624 g/mol. The number of anilines is 2. The first kappa shape index (κ1) is 31.2. The highest BCUT2D eigenvalue weighted by Gasteiger charge is 2.24. The lowest BCUT2D eigenvalue weighted by molar-refractivity contribution is -0.116. The lowest BCUT2D eigenvalue weighted by atomic mass is 10.1. The first-order valence-corrected chi connectivity index (χ1v) is 15.2. The number of ether oxygens (including phenoxy) is 3. The maximum absolute atomic E-state index is 13.6. The highest BCUT2D eigenvalue weighted by Crippen LogP contribution is 2.38. The molecule has 0 saturated heterocycles. The second-order valence-corrected chi connectivity index (χ2v) is 11.1. The zero-order chi connectivity index (χ0) is 31.8. The van der Waals surface area contributed by atoms with Gasteiger partial charge in [-0.15, -0.1) is 11.8 Å². The molecule has 45 heavy (non-hydrogen) atoms. The summed E-state index contributed by atoms with van der Waals surface area (Å²) >= 11 is 1.40. The highest BCUT2D eigenvalue weighted by atomic mass is 32.2. The van der Waals surface area contributed by atoms with Gasteiger partial charge in [0.2, 0.25) is 11.7 Å². The molecule has 0 radical (unpaired) electrons. The van der Waals surface area contributed by atoms with Gasteiger partial charge in [-0.2, -0.15) is 0 Å². The quantitative estimate of drug-likeness (QED) is 0.161. The molecule has 0 bridgehead atoms. The van der Waals surface area contributed by atoms with E-state index in [0.717, 1.165) is 17.0 Å². The van der Waals surface area contributed by atoms with Gasteiger partial charge in [-0.05, 0) is 72.2 Å². The van der Waals surface area contributed by atoms with E-state index in [4.69, 9.17) is 14.2 Å². The Morgan fingerprint density at radius 3 is 2.27 bits per heavy atom. The Morgan fingerprint density at radius 2 is 1.56 bits per heavy atom. The van der Waals surface area contributed by atoms with Crippen molar-refractivity contribution in [2.24, 2.45) is 0 Å². The van der Waals surface area contributed by atoms with Gasteiger partial charge in [0.05, 0.1) is 27.1 Å². The van der Waals surface area contributed by atoms with Crippen molar-refractivity contribution in [1.29, 1.82) is 0 Å². The number of fused-ring (bicyclic) bond motifs is 1. The fraction of sp³-hybridized carbons (Fsp3) is 0.171. The fourth-order valence-corrected chi connectivity index (χ4v) is 5.81. The molecule has 9 nitrogen and oxygen atoms in total. The number of para-hydroxylation sites is 1. The molecule has 230 valence electrons. The van der Waals surface area contributed by atoms with Crippen LogP contribution >= 0.6 is 11.8 Å². The second-order valence-electron chi connectivity index (χ2n) is 10.0. The number of carbonyl (C=O) groups excluding carboxylic acids is 3. The Labute approximate surface area is 266 Å². The maximum atomic E-state index is 13.6. The van der Waals surface area contributed by atoms with Crippen LogP contribution in [0, 0.1) is 0 Å². The minimum atomic E-state index is -0.542. The van der Waals surface area contributed by atoms with Crippen molar-refractivity contribution >= 4 is 46.9 Å². The van der Waals surface area contributed by atoms with Gasteiger partial charge in [0.15, 0.2) is 11.5 Å². The van der Waals surface area contributed by atoms with Crippen LogP contribution in [0.4, 0.5) is 11.4 Å². The molecule has 0 saturated carbocycles. The molecular weight excluding hydrogens is 590 g/mol. The van der Waals surface area contributed by atoms with Crippen molar-refractivity contribution < 1.29 is 28.6 Å². The van der Waals surface area contributed by atoms with E-state index < -0.39 is 11.8 Å². The van der Waals surface area contributed by atoms with E-state index in [1.807, 2.05) is 29.2 Å².